The zero-order valence-corrected chi connectivity index (χ0v) is 13.9. The van der Waals surface area contributed by atoms with Gasteiger partial charge in [-0.1, -0.05) is 25.5 Å². The van der Waals surface area contributed by atoms with Crippen LogP contribution >= 0.6 is 0 Å². The van der Waals surface area contributed by atoms with Gasteiger partial charge in [0, 0.05) is 24.7 Å². The van der Waals surface area contributed by atoms with E-state index in [9.17, 15) is 4.39 Å². The number of unbranched alkanes of at least 4 members (excludes halogenated alkanes) is 1. The summed E-state index contributed by atoms with van der Waals surface area (Å²) in [6, 6.07) is 6.01. The van der Waals surface area contributed by atoms with Crippen LogP contribution in [0.25, 0.3) is 0 Å². The van der Waals surface area contributed by atoms with Gasteiger partial charge in [0.05, 0.1) is 5.69 Å². The van der Waals surface area contributed by atoms with E-state index in [4.69, 9.17) is 0 Å². The normalized spacial score (nSPS) is 15.3. The van der Waals surface area contributed by atoms with Gasteiger partial charge in [0.15, 0.2) is 0 Å². The van der Waals surface area contributed by atoms with Gasteiger partial charge < -0.3 is 10.2 Å². The van der Waals surface area contributed by atoms with Gasteiger partial charge in [-0.05, 0) is 51.7 Å². The number of nitrogens with one attached hydrogen (secondary N) is 1. The highest BCUT2D eigenvalue weighted by atomic mass is 19.1. The Morgan fingerprint density at radius 2 is 2.00 bits per heavy atom. The van der Waals surface area contributed by atoms with Gasteiger partial charge in [0.25, 0.3) is 0 Å². The van der Waals surface area contributed by atoms with Gasteiger partial charge in [0.2, 0.25) is 0 Å². The fraction of sp³-hybridized carbons (Fsp3) is 0.667. The lowest BCUT2D eigenvalue weighted by Crippen LogP contribution is -2.36. The van der Waals surface area contributed by atoms with Crippen molar-refractivity contribution >= 4 is 5.69 Å². The molecule has 0 unspecified atom stereocenters. The molecule has 0 atom stereocenters. The van der Waals surface area contributed by atoms with Gasteiger partial charge in [-0.3, -0.25) is 0 Å². The van der Waals surface area contributed by atoms with E-state index in [1.54, 1.807) is 6.07 Å². The number of rotatable bonds is 7. The molecular formula is C18H29FN2. The Kier molecular flexibility index (Phi) is 5.26. The summed E-state index contributed by atoms with van der Waals surface area (Å²) < 4.78 is 14.5. The average molecular weight is 292 g/mol. The first-order valence-electron chi connectivity index (χ1n) is 8.21. The summed E-state index contributed by atoms with van der Waals surface area (Å²) in [4.78, 5) is 2.30. The standard InChI is InChI=1S/C18H29FN2/c1-5-6-12-21(15-10-11-15)17-14(8-7-9-16(17)19)13-20-18(2,3)4/h7-9,15,20H,5-6,10-13H2,1-4H3. The Balaban J connectivity index is 2.22. The van der Waals surface area contributed by atoms with Crippen molar-refractivity contribution in [2.24, 2.45) is 0 Å². The molecule has 2 nitrogen and oxygen atoms in total. The SMILES string of the molecule is CCCCN(c1c(F)cccc1CNC(C)(C)C)C1CC1. The molecule has 118 valence electrons. The second-order valence-corrected chi connectivity index (χ2v) is 7.13. The Labute approximate surface area is 128 Å². The minimum absolute atomic E-state index is 0.0391. The monoisotopic (exact) mass is 292 g/mol. The smallest absolute Gasteiger partial charge is 0.146 e. The average Bonchev–Trinajstić information content (AvgIpc) is 3.22. The van der Waals surface area contributed by atoms with E-state index in [0.29, 0.717) is 12.6 Å². The molecule has 0 bridgehead atoms. The lowest BCUT2D eigenvalue weighted by atomic mass is 10.1. The third-order valence-electron chi connectivity index (χ3n) is 3.91. The maximum Gasteiger partial charge on any atom is 0.146 e. The summed E-state index contributed by atoms with van der Waals surface area (Å²) in [5.41, 5.74) is 1.94. The van der Waals surface area contributed by atoms with E-state index in [-0.39, 0.29) is 11.4 Å². The lowest BCUT2D eigenvalue weighted by molar-refractivity contribution is 0.423. The van der Waals surface area contributed by atoms with Crippen LogP contribution < -0.4 is 10.2 Å². The van der Waals surface area contributed by atoms with Crippen molar-refractivity contribution in [2.75, 3.05) is 11.4 Å². The van der Waals surface area contributed by atoms with Crippen molar-refractivity contribution in [3.63, 3.8) is 0 Å². The van der Waals surface area contributed by atoms with E-state index in [1.807, 2.05) is 6.07 Å². The van der Waals surface area contributed by atoms with E-state index < -0.39 is 0 Å². The van der Waals surface area contributed by atoms with E-state index in [1.165, 1.54) is 12.8 Å². The Bertz CT molecular complexity index is 461. The molecule has 1 fully saturated rings. The van der Waals surface area contributed by atoms with Crippen molar-refractivity contribution in [1.82, 2.24) is 5.32 Å². The number of benzene rings is 1. The van der Waals surface area contributed by atoms with Gasteiger partial charge in [-0.2, -0.15) is 0 Å². The Morgan fingerprint density at radius 3 is 2.57 bits per heavy atom. The highest BCUT2D eigenvalue weighted by molar-refractivity contribution is 5.56. The summed E-state index contributed by atoms with van der Waals surface area (Å²) in [5, 5.41) is 3.48. The van der Waals surface area contributed by atoms with Gasteiger partial charge in [-0.25, -0.2) is 4.39 Å². The molecule has 1 aromatic rings. The zero-order valence-electron chi connectivity index (χ0n) is 13.9. The van der Waals surface area contributed by atoms with E-state index in [0.717, 1.165) is 30.6 Å². The summed E-state index contributed by atoms with van der Waals surface area (Å²) in [7, 11) is 0. The van der Waals surface area contributed by atoms with E-state index in [2.05, 4.69) is 44.0 Å². The second kappa shape index (κ2) is 6.78. The molecule has 21 heavy (non-hydrogen) atoms. The topological polar surface area (TPSA) is 15.3 Å². The Hall–Kier alpha value is -1.09. The summed E-state index contributed by atoms with van der Waals surface area (Å²) in [5.74, 6) is -0.0776. The fourth-order valence-corrected chi connectivity index (χ4v) is 2.58. The molecule has 0 aliphatic heterocycles. The molecule has 0 radical (unpaired) electrons. The molecular weight excluding hydrogens is 263 g/mol. The van der Waals surface area contributed by atoms with Crippen LogP contribution in [0.2, 0.25) is 0 Å². The molecule has 3 heteroatoms. The molecule has 0 heterocycles. The van der Waals surface area contributed by atoms with Gasteiger partial charge in [0.1, 0.15) is 5.82 Å². The number of halogens is 1. The van der Waals surface area contributed by atoms with Gasteiger partial charge >= 0.3 is 0 Å². The van der Waals surface area contributed by atoms with Crippen molar-refractivity contribution in [3.8, 4) is 0 Å². The van der Waals surface area contributed by atoms with Crippen LogP contribution in [0.3, 0.4) is 0 Å². The van der Waals surface area contributed by atoms with Crippen LogP contribution in [-0.2, 0) is 6.54 Å². The largest absolute Gasteiger partial charge is 0.366 e. The second-order valence-electron chi connectivity index (χ2n) is 7.13. The molecule has 0 amide bonds. The number of hydrogen-bond acceptors (Lipinski definition) is 2. The van der Waals surface area contributed by atoms with Crippen molar-refractivity contribution < 1.29 is 4.39 Å². The molecule has 1 N–H and O–H groups in total. The first-order valence-corrected chi connectivity index (χ1v) is 8.21. The summed E-state index contributed by atoms with van der Waals surface area (Å²) >= 11 is 0. The number of anilines is 1. The third kappa shape index (κ3) is 4.70. The van der Waals surface area contributed by atoms with Crippen LogP contribution in [0.5, 0.6) is 0 Å². The van der Waals surface area contributed by atoms with Crippen LogP contribution in [0.1, 0.15) is 58.9 Å². The van der Waals surface area contributed by atoms with Crippen molar-refractivity contribution in [3.05, 3.63) is 29.6 Å². The maximum absolute atomic E-state index is 14.5. The molecule has 0 saturated heterocycles. The van der Waals surface area contributed by atoms with Crippen molar-refractivity contribution in [1.29, 1.82) is 0 Å². The van der Waals surface area contributed by atoms with Crippen molar-refractivity contribution in [2.45, 2.75) is 71.5 Å². The predicted molar refractivity (Wildman–Crippen MR) is 88.3 cm³/mol. The van der Waals surface area contributed by atoms with E-state index >= 15 is 0 Å². The fourth-order valence-electron chi connectivity index (χ4n) is 2.58. The molecule has 1 aliphatic rings. The Morgan fingerprint density at radius 1 is 1.29 bits per heavy atom. The first kappa shape index (κ1) is 16.3. The molecule has 1 aromatic carbocycles. The minimum Gasteiger partial charge on any atom is -0.366 e. The highest BCUT2D eigenvalue weighted by Gasteiger charge is 2.31. The quantitative estimate of drug-likeness (QED) is 0.797. The van der Waals surface area contributed by atoms with Crippen LogP contribution in [0.15, 0.2) is 18.2 Å². The highest BCUT2D eigenvalue weighted by Crippen LogP contribution is 2.35. The molecule has 0 aromatic heterocycles. The summed E-state index contributed by atoms with van der Waals surface area (Å²) in [6.07, 6.45) is 4.67. The molecule has 1 saturated carbocycles. The van der Waals surface area contributed by atoms with Gasteiger partial charge in [-0.15, -0.1) is 0 Å². The van der Waals surface area contributed by atoms with Crippen LogP contribution in [0, 0.1) is 5.82 Å². The predicted octanol–water partition coefficient (Wildman–Crippen LogP) is 4.48. The molecule has 1 aliphatic carbocycles. The minimum atomic E-state index is -0.0776. The lowest BCUT2D eigenvalue weighted by Gasteiger charge is -2.29. The zero-order chi connectivity index (χ0) is 15.5. The number of hydrogen-bond donors (Lipinski definition) is 1. The number of nitrogens with zero attached hydrogens (tertiary/aromatic N) is 1. The molecule has 2 rings (SSSR count). The third-order valence-corrected chi connectivity index (χ3v) is 3.91. The molecule has 0 spiro atoms. The number of para-hydroxylation sites is 1. The maximum atomic E-state index is 14.5. The van der Waals surface area contributed by atoms with Crippen LogP contribution in [-0.4, -0.2) is 18.1 Å². The first-order chi connectivity index (χ1) is 9.92. The summed E-state index contributed by atoms with van der Waals surface area (Å²) in [6.45, 7) is 10.3. The van der Waals surface area contributed by atoms with Crippen LogP contribution in [0.4, 0.5) is 10.1 Å².